The van der Waals surface area contributed by atoms with Crippen LogP contribution < -0.4 is 10.2 Å². The van der Waals surface area contributed by atoms with Gasteiger partial charge < -0.3 is 15.2 Å². The molecule has 2 N–H and O–H groups in total. The zero-order valence-electron chi connectivity index (χ0n) is 12.3. The summed E-state index contributed by atoms with van der Waals surface area (Å²) in [5, 5.41) is 7.79. The normalized spacial score (nSPS) is 18.2. The molecule has 0 aliphatic carbocycles. The van der Waals surface area contributed by atoms with E-state index in [1.807, 2.05) is 31.7 Å². The number of fused-ring (bicyclic) bond motifs is 1. The first kappa shape index (κ1) is 12.8. The summed E-state index contributed by atoms with van der Waals surface area (Å²) >= 11 is 0. The lowest BCUT2D eigenvalue weighted by Gasteiger charge is -2.43. The second kappa shape index (κ2) is 4.40. The maximum Gasteiger partial charge on any atom is 0.153 e. The molecule has 0 saturated carbocycles. The first-order chi connectivity index (χ1) is 9.45. The molecule has 6 nitrogen and oxygen atoms in total. The summed E-state index contributed by atoms with van der Waals surface area (Å²) in [7, 11) is 1.91. The molecule has 0 saturated heterocycles. The lowest BCUT2D eigenvalue weighted by Crippen LogP contribution is -2.53. The van der Waals surface area contributed by atoms with Gasteiger partial charge in [0.1, 0.15) is 12.0 Å². The number of nitrogens with one attached hydrogen (secondary N) is 2. The van der Waals surface area contributed by atoms with E-state index < -0.39 is 0 Å². The molecule has 20 heavy (non-hydrogen) atoms. The number of aromatic nitrogens is 3. The summed E-state index contributed by atoms with van der Waals surface area (Å²) in [5.41, 5.74) is 1.07. The summed E-state index contributed by atoms with van der Waals surface area (Å²) in [6.45, 7) is 6.57. The maximum atomic E-state index is 4.48. The van der Waals surface area contributed by atoms with Crippen molar-refractivity contribution in [2.75, 3.05) is 10.2 Å². The lowest BCUT2D eigenvalue weighted by atomic mass is 10.0. The van der Waals surface area contributed by atoms with E-state index in [1.54, 1.807) is 4.68 Å². The smallest absolute Gasteiger partial charge is 0.153 e. The van der Waals surface area contributed by atoms with Crippen LogP contribution in [-0.2, 0) is 7.05 Å². The van der Waals surface area contributed by atoms with Crippen molar-refractivity contribution in [3.8, 4) is 0 Å². The van der Waals surface area contributed by atoms with Crippen LogP contribution in [0.1, 0.15) is 20.8 Å². The highest BCUT2D eigenvalue weighted by Crippen LogP contribution is 2.36. The molecule has 2 aromatic heterocycles. The van der Waals surface area contributed by atoms with E-state index in [2.05, 4.69) is 52.1 Å². The number of rotatable bonds is 2. The number of aryl methyl sites for hydroxylation is 1. The van der Waals surface area contributed by atoms with E-state index in [9.17, 15) is 0 Å². The Hall–Kier alpha value is -2.24. The summed E-state index contributed by atoms with van der Waals surface area (Å²) in [4.78, 5) is 9.95. The summed E-state index contributed by atoms with van der Waals surface area (Å²) in [6, 6.07) is 4.02. The van der Waals surface area contributed by atoms with E-state index in [0.717, 1.165) is 17.3 Å². The molecule has 1 atom stereocenters. The van der Waals surface area contributed by atoms with Crippen molar-refractivity contribution in [2.24, 2.45) is 12.0 Å². The molecule has 0 aromatic carbocycles. The van der Waals surface area contributed by atoms with Crippen LogP contribution in [0.2, 0.25) is 0 Å². The molecule has 1 unspecified atom stereocenters. The molecule has 0 spiro atoms. The van der Waals surface area contributed by atoms with Crippen LogP contribution in [0.5, 0.6) is 0 Å². The van der Waals surface area contributed by atoms with Crippen LogP contribution in [0.25, 0.3) is 0 Å². The van der Waals surface area contributed by atoms with E-state index in [0.29, 0.717) is 0 Å². The molecule has 6 heteroatoms. The molecule has 0 radical (unpaired) electrons. The van der Waals surface area contributed by atoms with Gasteiger partial charge in [0.05, 0.1) is 5.69 Å². The summed E-state index contributed by atoms with van der Waals surface area (Å²) in [5.74, 6) is 1.75. The van der Waals surface area contributed by atoms with Gasteiger partial charge in [0.2, 0.25) is 0 Å². The Bertz CT molecular complexity index is 630. The van der Waals surface area contributed by atoms with Gasteiger partial charge in [-0.25, -0.2) is 4.99 Å². The van der Waals surface area contributed by atoms with Crippen LogP contribution >= 0.6 is 0 Å². The number of nitrogens with zero attached hydrogens (tertiary/aromatic N) is 4. The van der Waals surface area contributed by atoms with Gasteiger partial charge in [-0.15, -0.1) is 0 Å². The first-order valence-corrected chi connectivity index (χ1v) is 6.72. The quantitative estimate of drug-likeness (QED) is 0.883. The topological polar surface area (TPSA) is 61.2 Å². The third kappa shape index (κ3) is 2.17. The predicted molar refractivity (Wildman–Crippen MR) is 81.8 cm³/mol. The Morgan fingerprint density at radius 3 is 2.75 bits per heavy atom. The van der Waals surface area contributed by atoms with Crippen molar-refractivity contribution in [1.82, 2.24) is 14.8 Å². The molecule has 2 aromatic rings. The van der Waals surface area contributed by atoms with Crippen molar-refractivity contribution in [2.45, 2.75) is 32.5 Å². The molecule has 3 heterocycles. The average Bonchev–Trinajstić information content (AvgIpc) is 2.96. The maximum absolute atomic E-state index is 4.48. The van der Waals surface area contributed by atoms with Gasteiger partial charge in [0, 0.05) is 37.3 Å². The molecule has 3 rings (SSSR count). The first-order valence-electron chi connectivity index (χ1n) is 6.72. The number of hydrogen-bond donors (Lipinski definition) is 2. The van der Waals surface area contributed by atoms with E-state index >= 15 is 0 Å². The van der Waals surface area contributed by atoms with Crippen molar-refractivity contribution >= 4 is 23.5 Å². The number of H-pyrrole nitrogens is 1. The zero-order chi connectivity index (χ0) is 14.3. The monoisotopic (exact) mass is 272 g/mol. The van der Waals surface area contributed by atoms with Crippen LogP contribution in [0.4, 0.5) is 17.3 Å². The van der Waals surface area contributed by atoms with E-state index in [1.165, 1.54) is 0 Å². The Kier molecular flexibility index (Phi) is 2.81. The van der Waals surface area contributed by atoms with E-state index in [4.69, 9.17) is 0 Å². The van der Waals surface area contributed by atoms with Gasteiger partial charge in [0.25, 0.3) is 0 Å². The number of anilines is 2. The second-order valence-electron chi connectivity index (χ2n) is 5.99. The number of aliphatic imine (C=N–C) groups is 1. The highest BCUT2D eigenvalue weighted by molar-refractivity contribution is 5.85. The molecule has 0 fully saturated rings. The van der Waals surface area contributed by atoms with Crippen LogP contribution in [-0.4, -0.2) is 32.7 Å². The number of hydrogen-bond acceptors (Lipinski definition) is 4. The Morgan fingerprint density at radius 2 is 2.10 bits per heavy atom. The molecule has 1 aliphatic heterocycles. The SMILES string of the molecule is Cn1ccc(NC2C=Nc3[nH]ccc3N2C(C)(C)C)n1. The van der Waals surface area contributed by atoms with E-state index in [-0.39, 0.29) is 11.7 Å². The van der Waals surface area contributed by atoms with Gasteiger partial charge in [0.15, 0.2) is 5.82 Å². The minimum Gasteiger partial charge on any atom is -0.345 e. The zero-order valence-corrected chi connectivity index (χ0v) is 12.3. The third-order valence-electron chi connectivity index (χ3n) is 3.32. The van der Waals surface area contributed by atoms with Crippen molar-refractivity contribution in [3.05, 3.63) is 24.5 Å². The van der Waals surface area contributed by atoms with Gasteiger partial charge in [-0.05, 0) is 26.8 Å². The van der Waals surface area contributed by atoms with Gasteiger partial charge in [-0.1, -0.05) is 0 Å². The van der Waals surface area contributed by atoms with Gasteiger partial charge in [-0.2, -0.15) is 5.10 Å². The molecular weight excluding hydrogens is 252 g/mol. The van der Waals surface area contributed by atoms with Crippen molar-refractivity contribution < 1.29 is 0 Å². The highest BCUT2D eigenvalue weighted by Gasteiger charge is 2.33. The average molecular weight is 272 g/mol. The Morgan fingerprint density at radius 1 is 1.30 bits per heavy atom. The number of aromatic amines is 1. The fraction of sp³-hybridized carbons (Fsp3) is 0.429. The van der Waals surface area contributed by atoms with Crippen molar-refractivity contribution in [3.63, 3.8) is 0 Å². The second-order valence-corrected chi connectivity index (χ2v) is 5.99. The Balaban J connectivity index is 1.93. The molecule has 1 aliphatic rings. The van der Waals surface area contributed by atoms with Gasteiger partial charge in [-0.3, -0.25) is 4.68 Å². The van der Waals surface area contributed by atoms with Crippen LogP contribution in [0, 0.1) is 0 Å². The standard InChI is InChI=1S/C14H20N6/c1-14(2,3)20-10-5-7-15-13(10)16-9-12(20)17-11-6-8-19(4)18-11/h5-9,12,15H,1-4H3,(H,17,18). The van der Waals surface area contributed by atoms with Crippen LogP contribution in [0.15, 0.2) is 29.5 Å². The third-order valence-corrected chi connectivity index (χ3v) is 3.32. The lowest BCUT2D eigenvalue weighted by molar-refractivity contribution is 0.494. The molecule has 0 bridgehead atoms. The minimum atomic E-state index is -0.0319. The minimum absolute atomic E-state index is 0.0202. The molecular formula is C14H20N6. The summed E-state index contributed by atoms with van der Waals surface area (Å²) in [6.07, 6.45) is 5.74. The summed E-state index contributed by atoms with van der Waals surface area (Å²) < 4.78 is 1.78. The largest absolute Gasteiger partial charge is 0.345 e. The molecule has 0 amide bonds. The van der Waals surface area contributed by atoms with Crippen molar-refractivity contribution in [1.29, 1.82) is 0 Å². The van der Waals surface area contributed by atoms with Crippen LogP contribution in [0.3, 0.4) is 0 Å². The Labute approximate surface area is 118 Å². The fourth-order valence-electron chi connectivity index (χ4n) is 2.54. The fourth-order valence-corrected chi connectivity index (χ4v) is 2.54. The van der Waals surface area contributed by atoms with Gasteiger partial charge >= 0.3 is 0 Å². The predicted octanol–water partition coefficient (Wildman–Crippen LogP) is 2.51. The molecule has 106 valence electrons. The highest BCUT2D eigenvalue weighted by atomic mass is 15.4.